The average molecular weight is 441 g/mol. The summed E-state index contributed by atoms with van der Waals surface area (Å²) in [6.45, 7) is 0.228. The molecule has 0 fully saturated rings. The molecule has 0 saturated heterocycles. The first-order valence-corrected chi connectivity index (χ1v) is 10.6. The maximum absolute atomic E-state index is 12.5. The van der Waals surface area contributed by atoms with E-state index in [1.807, 2.05) is 36.4 Å². The van der Waals surface area contributed by atoms with Crippen molar-refractivity contribution in [1.82, 2.24) is 5.32 Å². The van der Waals surface area contributed by atoms with Gasteiger partial charge in [0.15, 0.2) is 0 Å². The molecule has 6 nitrogen and oxygen atoms in total. The van der Waals surface area contributed by atoms with E-state index in [2.05, 4.69) is 23.4 Å². The van der Waals surface area contributed by atoms with Crippen molar-refractivity contribution in [1.29, 1.82) is 0 Å². The van der Waals surface area contributed by atoms with Gasteiger partial charge in [-0.2, -0.15) is 0 Å². The summed E-state index contributed by atoms with van der Waals surface area (Å²) in [5.74, 6) is 1.66. The number of carbonyl (C=O) groups excluding carboxylic acids is 1. The van der Waals surface area contributed by atoms with E-state index in [0.717, 1.165) is 22.3 Å². The molecule has 0 radical (unpaired) electrons. The molecule has 3 aromatic carbocycles. The van der Waals surface area contributed by atoms with Gasteiger partial charge in [0, 0.05) is 12.3 Å². The molecule has 1 atom stereocenters. The monoisotopic (exact) mass is 441 g/mol. The Kier molecular flexibility index (Phi) is 6.61. The number of rotatable bonds is 8. The third-order valence-corrected chi connectivity index (χ3v) is 5.59. The number of fused-ring (bicyclic) bond motifs is 3. The van der Waals surface area contributed by atoms with Crippen molar-refractivity contribution in [2.45, 2.75) is 18.4 Å². The van der Waals surface area contributed by atoms with Crippen LogP contribution >= 0.6 is 0 Å². The van der Waals surface area contributed by atoms with Gasteiger partial charge in [-0.3, -0.25) is 0 Å². The molecule has 2 N–H and O–H groups in total. The van der Waals surface area contributed by atoms with Crippen molar-refractivity contribution >= 4 is 12.1 Å². The number of carboxylic acid groups (broad SMARTS) is 1. The van der Waals surface area contributed by atoms with Crippen molar-refractivity contribution in [3.05, 3.63) is 89.5 Å². The average Bonchev–Trinajstić information content (AvgIpc) is 3.15. The summed E-state index contributed by atoms with van der Waals surface area (Å²) in [7, 11) is 0. The Balaban J connectivity index is 1.40. The van der Waals surface area contributed by atoms with Crippen LogP contribution in [0.4, 0.5) is 4.79 Å². The molecule has 0 unspecified atom stereocenters. The number of alkyl carbamates (subject to hydrolysis) is 1. The third kappa shape index (κ3) is 4.99. The van der Waals surface area contributed by atoms with E-state index in [-0.39, 0.29) is 25.6 Å². The van der Waals surface area contributed by atoms with Gasteiger partial charge in [-0.15, -0.1) is 6.42 Å². The molecule has 4 rings (SSSR count). The molecule has 3 aromatic rings. The van der Waals surface area contributed by atoms with Crippen LogP contribution in [0.5, 0.6) is 5.75 Å². The zero-order valence-corrected chi connectivity index (χ0v) is 17.9. The van der Waals surface area contributed by atoms with Crippen LogP contribution in [0.1, 0.15) is 22.6 Å². The minimum absolute atomic E-state index is 0.0762. The lowest BCUT2D eigenvalue weighted by Gasteiger charge is -2.18. The topological polar surface area (TPSA) is 84.9 Å². The Hall–Kier alpha value is -4.24. The van der Waals surface area contributed by atoms with Crippen molar-refractivity contribution in [2.24, 2.45) is 0 Å². The molecule has 1 amide bonds. The van der Waals surface area contributed by atoms with Crippen LogP contribution in [-0.4, -0.2) is 36.4 Å². The van der Waals surface area contributed by atoms with E-state index < -0.39 is 18.1 Å². The molecule has 166 valence electrons. The minimum atomic E-state index is -1.15. The quantitative estimate of drug-likeness (QED) is 0.511. The van der Waals surface area contributed by atoms with E-state index in [9.17, 15) is 14.7 Å². The van der Waals surface area contributed by atoms with E-state index >= 15 is 0 Å². The van der Waals surface area contributed by atoms with Crippen LogP contribution in [0.25, 0.3) is 11.1 Å². The highest BCUT2D eigenvalue weighted by Crippen LogP contribution is 2.44. The molecule has 0 saturated carbocycles. The van der Waals surface area contributed by atoms with Crippen LogP contribution in [0.3, 0.4) is 0 Å². The van der Waals surface area contributed by atoms with E-state index in [1.165, 1.54) is 0 Å². The molecule has 1 aliphatic rings. The summed E-state index contributed by atoms with van der Waals surface area (Å²) in [6, 6.07) is 21.8. The van der Waals surface area contributed by atoms with Gasteiger partial charge in [-0.05, 0) is 39.9 Å². The first kappa shape index (κ1) is 22.0. The number of aliphatic carboxylic acids is 1. The number of terminal acetylenes is 1. The number of nitrogens with one attached hydrogen (secondary N) is 1. The van der Waals surface area contributed by atoms with Gasteiger partial charge >= 0.3 is 12.1 Å². The van der Waals surface area contributed by atoms with Gasteiger partial charge in [0.25, 0.3) is 0 Å². The Morgan fingerprint density at radius 3 is 2.30 bits per heavy atom. The summed E-state index contributed by atoms with van der Waals surface area (Å²) in [5, 5.41) is 12.1. The number of carbonyl (C=O) groups is 2. The summed E-state index contributed by atoms with van der Waals surface area (Å²) < 4.78 is 10.9. The molecule has 33 heavy (non-hydrogen) atoms. The van der Waals surface area contributed by atoms with Crippen LogP contribution < -0.4 is 10.1 Å². The van der Waals surface area contributed by atoms with Gasteiger partial charge in [-0.1, -0.05) is 66.6 Å². The molecular weight excluding hydrogens is 418 g/mol. The lowest BCUT2D eigenvalue weighted by atomic mass is 9.98. The highest BCUT2D eigenvalue weighted by Gasteiger charge is 2.29. The molecule has 0 aromatic heterocycles. The Morgan fingerprint density at radius 2 is 1.67 bits per heavy atom. The standard InChI is InChI=1S/C27H23NO5/c1-2-14-32-19-9-7-8-18(15-19)16-25(26(29)30)28-27(31)33-17-24-22-12-5-3-10-20(22)21-11-4-6-13-23(21)24/h1,3-13,15,24-25H,14,16-17H2,(H,28,31)(H,29,30)/t25-/m0/s1. The first-order valence-electron chi connectivity index (χ1n) is 10.6. The SMILES string of the molecule is C#CCOc1cccc(C[C@H](NC(=O)OCC2c3ccccc3-c3ccccc32)C(=O)O)c1. The predicted octanol–water partition coefficient (Wildman–Crippen LogP) is 4.23. The van der Waals surface area contributed by atoms with Crippen molar-refractivity contribution in [2.75, 3.05) is 13.2 Å². The second kappa shape index (κ2) is 9.92. The van der Waals surface area contributed by atoms with Crippen molar-refractivity contribution in [3.8, 4) is 29.2 Å². The van der Waals surface area contributed by atoms with Crippen LogP contribution in [0.15, 0.2) is 72.8 Å². The fraction of sp³-hybridized carbons (Fsp3) is 0.185. The molecule has 0 bridgehead atoms. The lowest BCUT2D eigenvalue weighted by Crippen LogP contribution is -2.42. The molecule has 0 heterocycles. The predicted molar refractivity (Wildman–Crippen MR) is 124 cm³/mol. The summed E-state index contributed by atoms with van der Waals surface area (Å²) >= 11 is 0. The van der Waals surface area contributed by atoms with E-state index in [1.54, 1.807) is 24.3 Å². The summed E-state index contributed by atoms with van der Waals surface area (Å²) in [5.41, 5.74) is 5.11. The van der Waals surface area contributed by atoms with Gasteiger partial charge in [0.2, 0.25) is 0 Å². The smallest absolute Gasteiger partial charge is 0.407 e. The van der Waals surface area contributed by atoms with Gasteiger partial charge in [0.1, 0.15) is 25.0 Å². The number of amides is 1. The van der Waals surface area contributed by atoms with Crippen molar-refractivity contribution in [3.63, 3.8) is 0 Å². The molecule has 1 aliphatic carbocycles. The number of carboxylic acids is 1. The summed E-state index contributed by atoms with van der Waals surface area (Å²) in [4.78, 5) is 24.2. The fourth-order valence-corrected chi connectivity index (χ4v) is 4.11. The molecule has 6 heteroatoms. The number of hydrogen-bond acceptors (Lipinski definition) is 4. The molecule has 0 spiro atoms. The zero-order valence-electron chi connectivity index (χ0n) is 17.9. The Morgan fingerprint density at radius 1 is 1.00 bits per heavy atom. The number of ether oxygens (including phenoxy) is 2. The highest BCUT2D eigenvalue weighted by molar-refractivity contribution is 5.81. The molecule has 0 aliphatic heterocycles. The second-order valence-electron chi connectivity index (χ2n) is 7.71. The highest BCUT2D eigenvalue weighted by atomic mass is 16.5. The maximum Gasteiger partial charge on any atom is 0.407 e. The van der Waals surface area contributed by atoms with Crippen LogP contribution in [0.2, 0.25) is 0 Å². The summed E-state index contributed by atoms with van der Waals surface area (Å²) in [6.07, 6.45) is 4.50. The normalized spacial score (nSPS) is 12.7. The Bertz CT molecular complexity index is 1170. The minimum Gasteiger partial charge on any atom is -0.481 e. The molecular formula is C27H23NO5. The van der Waals surface area contributed by atoms with Crippen LogP contribution in [-0.2, 0) is 16.0 Å². The maximum atomic E-state index is 12.5. The largest absolute Gasteiger partial charge is 0.481 e. The van der Waals surface area contributed by atoms with E-state index in [0.29, 0.717) is 11.3 Å². The van der Waals surface area contributed by atoms with Crippen LogP contribution in [0, 0.1) is 12.3 Å². The first-order chi connectivity index (χ1) is 16.1. The fourth-order valence-electron chi connectivity index (χ4n) is 4.11. The van der Waals surface area contributed by atoms with Gasteiger partial charge in [-0.25, -0.2) is 9.59 Å². The van der Waals surface area contributed by atoms with E-state index in [4.69, 9.17) is 15.9 Å². The Labute approximate surface area is 192 Å². The number of hydrogen-bond donors (Lipinski definition) is 2. The van der Waals surface area contributed by atoms with Gasteiger partial charge < -0.3 is 19.9 Å². The van der Waals surface area contributed by atoms with Crippen molar-refractivity contribution < 1.29 is 24.2 Å². The zero-order chi connectivity index (χ0) is 23.2. The number of benzene rings is 3. The van der Waals surface area contributed by atoms with Gasteiger partial charge in [0.05, 0.1) is 0 Å². The third-order valence-electron chi connectivity index (χ3n) is 5.59. The second-order valence-corrected chi connectivity index (χ2v) is 7.71. The lowest BCUT2D eigenvalue weighted by molar-refractivity contribution is -0.139.